The lowest BCUT2D eigenvalue weighted by Crippen LogP contribution is -2.37. The molecule has 0 aromatic heterocycles. The van der Waals surface area contributed by atoms with E-state index in [0.29, 0.717) is 29.5 Å². The number of carbonyl (C=O) groups excluding carboxylic acids is 5. The second-order valence-corrected chi connectivity index (χ2v) is 17.4. The number of rotatable bonds is 14. The Morgan fingerprint density at radius 2 is 0.964 bits per heavy atom. The molecule has 2 aromatic carbocycles. The number of hydrogen-bond donors (Lipinski definition) is 1. The number of aromatic carboxylic acids is 1. The minimum absolute atomic E-state index is 0.0153. The Bertz CT molecular complexity index is 1760. The lowest BCUT2D eigenvalue weighted by Gasteiger charge is -2.39. The second kappa shape index (κ2) is 18.9. The van der Waals surface area contributed by atoms with Crippen LogP contribution in [0.25, 0.3) is 0 Å². The van der Waals surface area contributed by atoms with Crippen LogP contribution in [0.4, 0.5) is 0 Å². The maximum Gasteiger partial charge on any atom is 0.337 e. The summed E-state index contributed by atoms with van der Waals surface area (Å²) >= 11 is 0. The van der Waals surface area contributed by atoms with Gasteiger partial charge in [0.15, 0.2) is 11.6 Å². The molecule has 2 fully saturated rings. The minimum atomic E-state index is -1.02. The standard InChI is InChI=1S/C24H32O4.C23H30O4/c1-15-8-7-13-24(4,5)21(15)20(25)14-16(2)17(3)22(26)18-9-11-19(12-10-18)23(27)28-6;1-14-7-6-12-23(4,5)20(14)19(24)13-15(2)16(3)21(25)17-8-10-18(11-9-17)22(26)27/h9-12,16-17,21H,1,7-8,13-14H2,2-6H3;8-11,15-16,20H,1,6-7,12-13H2,2-5H3,(H,26,27). The fourth-order valence-corrected chi connectivity index (χ4v) is 8.48. The van der Waals surface area contributed by atoms with Crippen molar-refractivity contribution in [1.29, 1.82) is 0 Å². The second-order valence-electron chi connectivity index (χ2n) is 17.4. The van der Waals surface area contributed by atoms with Gasteiger partial charge in [-0.1, -0.05) is 104 Å². The molecule has 6 atom stereocenters. The highest BCUT2D eigenvalue weighted by molar-refractivity contribution is 6.00. The predicted molar refractivity (Wildman–Crippen MR) is 216 cm³/mol. The number of carbonyl (C=O) groups is 6. The number of carboxylic acid groups (broad SMARTS) is 1. The number of benzene rings is 2. The topological polar surface area (TPSA) is 132 Å². The van der Waals surface area contributed by atoms with Crippen LogP contribution in [0.3, 0.4) is 0 Å². The molecule has 6 unspecified atom stereocenters. The van der Waals surface area contributed by atoms with Crippen molar-refractivity contribution < 1.29 is 38.6 Å². The van der Waals surface area contributed by atoms with E-state index >= 15 is 0 Å². The minimum Gasteiger partial charge on any atom is -0.478 e. The monoisotopic (exact) mass is 754 g/mol. The molecule has 298 valence electrons. The molecule has 1 N–H and O–H groups in total. The molecule has 8 nitrogen and oxygen atoms in total. The quantitative estimate of drug-likeness (QED) is 0.115. The van der Waals surface area contributed by atoms with Crippen LogP contribution in [0.15, 0.2) is 72.8 Å². The number of methoxy groups -OCH3 is 1. The lowest BCUT2D eigenvalue weighted by atomic mass is 9.64. The van der Waals surface area contributed by atoms with E-state index in [4.69, 9.17) is 5.11 Å². The van der Waals surface area contributed by atoms with E-state index in [2.05, 4.69) is 45.6 Å². The summed E-state index contributed by atoms with van der Waals surface area (Å²) in [5, 5.41) is 8.97. The van der Waals surface area contributed by atoms with E-state index in [1.165, 1.54) is 19.2 Å². The molecule has 0 amide bonds. The zero-order valence-electron chi connectivity index (χ0n) is 34.5. The first-order chi connectivity index (χ1) is 25.6. The SMILES string of the molecule is C=C1CCCC(C)(C)C1C(=O)CC(C)C(C)C(=O)c1ccc(C(=O)O)cc1.C=C1CCCC(C)(C)C1C(=O)CC(C)C(C)C(=O)c1ccc(C(=O)OC)cc1. The number of carboxylic acids is 1. The average Bonchev–Trinajstić information content (AvgIpc) is 3.12. The van der Waals surface area contributed by atoms with Crippen LogP contribution < -0.4 is 0 Å². The number of esters is 1. The Hall–Kier alpha value is -4.46. The Morgan fingerprint density at radius 1 is 0.636 bits per heavy atom. The molecule has 2 aliphatic rings. The van der Waals surface area contributed by atoms with E-state index in [1.807, 2.05) is 27.7 Å². The summed E-state index contributed by atoms with van der Waals surface area (Å²) in [5.41, 5.74) is 3.50. The molecule has 0 spiro atoms. The molecule has 4 rings (SSSR count). The first-order valence-corrected chi connectivity index (χ1v) is 19.6. The maximum absolute atomic E-state index is 13.0. The summed E-state index contributed by atoms with van der Waals surface area (Å²) in [6.07, 6.45) is 6.74. The van der Waals surface area contributed by atoms with Crippen molar-refractivity contribution in [2.24, 2.45) is 46.3 Å². The van der Waals surface area contributed by atoms with Crippen LogP contribution in [0.1, 0.15) is 148 Å². The van der Waals surface area contributed by atoms with E-state index in [1.54, 1.807) is 36.4 Å². The summed E-state index contributed by atoms with van der Waals surface area (Å²) in [6, 6.07) is 12.4. The van der Waals surface area contributed by atoms with Gasteiger partial charge in [0.1, 0.15) is 11.6 Å². The van der Waals surface area contributed by atoms with Gasteiger partial charge in [-0.15, -0.1) is 0 Å². The first kappa shape index (κ1) is 44.9. The summed E-state index contributed by atoms with van der Waals surface area (Å²) in [5.74, 6) is -2.15. The van der Waals surface area contributed by atoms with Gasteiger partial charge >= 0.3 is 11.9 Å². The lowest BCUT2D eigenvalue weighted by molar-refractivity contribution is -0.127. The number of allylic oxidation sites excluding steroid dienone is 2. The average molecular weight is 755 g/mol. The molecule has 0 saturated heterocycles. The maximum atomic E-state index is 13.0. The van der Waals surface area contributed by atoms with E-state index in [-0.39, 0.29) is 75.0 Å². The third-order valence-corrected chi connectivity index (χ3v) is 12.2. The van der Waals surface area contributed by atoms with Gasteiger partial charge < -0.3 is 9.84 Å². The highest BCUT2D eigenvalue weighted by Gasteiger charge is 2.41. The van der Waals surface area contributed by atoms with E-state index in [9.17, 15) is 28.8 Å². The van der Waals surface area contributed by atoms with E-state index in [0.717, 1.165) is 49.7 Å². The van der Waals surface area contributed by atoms with Crippen LogP contribution in [0.2, 0.25) is 0 Å². The van der Waals surface area contributed by atoms with Gasteiger partial charge in [-0.3, -0.25) is 19.2 Å². The third-order valence-electron chi connectivity index (χ3n) is 12.2. The normalized spacial score (nSPS) is 21.1. The molecule has 0 heterocycles. The van der Waals surface area contributed by atoms with Crippen molar-refractivity contribution in [3.05, 3.63) is 95.1 Å². The van der Waals surface area contributed by atoms with Crippen LogP contribution >= 0.6 is 0 Å². The van der Waals surface area contributed by atoms with Crippen molar-refractivity contribution in [1.82, 2.24) is 0 Å². The van der Waals surface area contributed by atoms with Crippen molar-refractivity contribution in [3.8, 4) is 0 Å². The fraction of sp³-hybridized carbons (Fsp3) is 0.532. The smallest absolute Gasteiger partial charge is 0.337 e. The molecule has 0 bridgehead atoms. The predicted octanol–water partition coefficient (Wildman–Crippen LogP) is 10.5. The highest BCUT2D eigenvalue weighted by atomic mass is 16.5. The summed E-state index contributed by atoms with van der Waals surface area (Å²) in [6.45, 7) is 24.4. The van der Waals surface area contributed by atoms with Gasteiger partial charge in [0.05, 0.1) is 18.2 Å². The molecule has 0 aliphatic heterocycles. The number of ether oxygens (including phenoxy) is 1. The third kappa shape index (κ3) is 11.3. The Kier molecular flexibility index (Phi) is 15.5. The molecule has 2 aliphatic carbocycles. The van der Waals surface area contributed by atoms with Crippen molar-refractivity contribution in [2.75, 3.05) is 7.11 Å². The van der Waals surface area contributed by atoms with Crippen molar-refractivity contribution in [2.45, 2.75) is 107 Å². The van der Waals surface area contributed by atoms with Gasteiger partial charge in [0.25, 0.3) is 0 Å². The van der Waals surface area contributed by atoms with Gasteiger partial charge in [-0.05, 0) is 85.5 Å². The molecule has 8 heteroatoms. The zero-order chi connectivity index (χ0) is 41.4. The van der Waals surface area contributed by atoms with Gasteiger partial charge in [0.2, 0.25) is 0 Å². The number of Topliss-reactive ketones (excluding diaryl/α,β-unsaturated/α-hetero) is 4. The Balaban J connectivity index is 0.000000296. The van der Waals surface area contributed by atoms with Crippen molar-refractivity contribution >= 4 is 35.1 Å². The summed E-state index contributed by atoms with van der Waals surface area (Å²) in [7, 11) is 1.32. The van der Waals surface area contributed by atoms with Crippen LogP contribution in [-0.2, 0) is 14.3 Å². The molecule has 0 radical (unpaired) electrons. The zero-order valence-corrected chi connectivity index (χ0v) is 34.5. The largest absolute Gasteiger partial charge is 0.478 e. The van der Waals surface area contributed by atoms with Gasteiger partial charge in [0, 0.05) is 47.6 Å². The summed E-state index contributed by atoms with van der Waals surface area (Å²) in [4.78, 5) is 74.1. The molecule has 2 saturated carbocycles. The first-order valence-electron chi connectivity index (χ1n) is 19.6. The Labute approximate surface area is 328 Å². The molecular weight excluding hydrogens is 693 g/mol. The van der Waals surface area contributed by atoms with Gasteiger partial charge in [-0.25, -0.2) is 9.59 Å². The molecular formula is C47H62O8. The molecule has 2 aromatic rings. The van der Waals surface area contributed by atoms with Crippen molar-refractivity contribution in [3.63, 3.8) is 0 Å². The summed E-state index contributed by atoms with van der Waals surface area (Å²) < 4.78 is 4.68. The fourth-order valence-electron chi connectivity index (χ4n) is 8.48. The number of ketones is 4. The van der Waals surface area contributed by atoms with Crippen LogP contribution in [0, 0.1) is 46.3 Å². The highest BCUT2D eigenvalue weighted by Crippen LogP contribution is 2.46. The Morgan fingerprint density at radius 3 is 1.27 bits per heavy atom. The van der Waals surface area contributed by atoms with Crippen LogP contribution in [-0.4, -0.2) is 47.3 Å². The van der Waals surface area contributed by atoms with Crippen LogP contribution in [0.5, 0.6) is 0 Å². The molecule has 55 heavy (non-hydrogen) atoms. The van der Waals surface area contributed by atoms with E-state index < -0.39 is 11.9 Å². The number of hydrogen-bond acceptors (Lipinski definition) is 7. The van der Waals surface area contributed by atoms with Gasteiger partial charge in [-0.2, -0.15) is 0 Å².